The molecule has 18 heavy (non-hydrogen) atoms. The van der Waals surface area contributed by atoms with Crippen LogP contribution in [0.3, 0.4) is 0 Å². The van der Waals surface area contributed by atoms with Crippen molar-refractivity contribution in [1.82, 2.24) is 15.1 Å². The fourth-order valence-corrected chi connectivity index (χ4v) is 2.34. The van der Waals surface area contributed by atoms with Gasteiger partial charge in [0.25, 0.3) is 0 Å². The van der Waals surface area contributed by atoms with Crippen LogP contribution in [0, 0.1) is 13.8 Å². The highest BCUT2D eigenvalue weighted by atomic mass is 79.9. The van der Waals surface area contributed by atoms with E-state index in [0.717, 1.165) is 35.3 Å². The Morgan fingerprint density at radius 3 is 2.94 bits per heavy atom. The van der Waals surface area contributed by atoms with Crippen molar-refractivity contribution in [3.05, 3.63) is 15.9 Å². The van der Waals surface area contributed by atoms with Crippen LogP contribution in [-0.4, -0.2) is 34.9 Å². The van der Waals surface area contributed by atoms with E-state index < -0.39 is 0 Å². The monoisotopic (exact) mass is 315 g/mol. The van der Waals surface area contributed by atoms with Gasteiger partial charge in [-0.25, -0.2) is 0 Å². The smallest absolute Gasteiger partial charge is 0.241 e. The molecule has 0 spiro atoms. The van der Waals surface area contributed by atoms with Crippen molar-refractivity contribution >= 4 is 21.8 Å². The second-order valence-electron chi connectivity index (χ2n) is 4.58. The molecule has 1 atom stereocenters. The summed E-state index contributed by atoms with van der Waals surface area (Å²) in [6.45, 7) is 5.52. The van der Waals surface area contributed by atoms with Gasteiger partial charge in [0.1, 0.15) is 6.54 Å². The molecule has 1 aliphatic rings. The van der Waals surface area contributed by atoms with E-state index in [1.165, 1.54) is 0 Å². The van der Waals surface area contributed by atoms with E-state index in [1.54, 1.807) is 4.68 Å². The third kappa shape index (κ3) is 3.11. The van der Waals surface area contributed by atoms with Crippen LogP contribution in [0.25, 0.3) is 0 Å². The van der Waals surface area contributed by atoms with Gasteiger partial charge in [0.2, 0.25) is 5.91 Å². The van der Waals surface area contributed by atoms with E-state index in [4.69, 9.17) is 4.74 Å². The van der Waals surface area contributed by atoms with Gasteiger partial charge in [-0.05, 0) is 42.6 Å². The molecule has 1 aromatic rings. The van der Waals surface area contributed by atoms with Crippen molar-refractivity contribution < 1.29 is 9.53 Å². The lowest BCUT2D eigenvalue weighted by molar-refractivity contribution is -0.122. The highest BCUT2D eigenvalue weighted by molar-refractivity contribution is 9.10. The Bertz CT molecular complexity index is 439. The summed E-state index contributed by atoms with van der Waals surface area (Å²) in [5.74, 6) is -0.0244. The predicted molar refractivity (Wildman–Crippen MR) is 71.4 cm³/mol. The Balaban J connectivity index is 1.84. The maximum Gasteiger partial charge on any atom is 0.241 e. The van der Waals surface area contributed by atoms with Crippen LogP contribution in [0.15, 0.2) is 4.47 Å². The molecule has 2 heterocycles. The van der Waals surface area contributed by atoms with Crippen LogP contribution in [0.4, 0.5) is 0 Å². The number of amides is 1. The number of halogens is 1. The van der Waals surface area contributed by atoms with E-state index in [-0.39, 0.29) is 18.6 Å². The summed E-state index contributed by atoms with van der Waals surface area (Å²) >= 11 is 3.45. The number of aromatic nitrogens is 2. The molecule has 0 bridgehead atoms. The molecule has 2 rings (SSSR count). The highest BCUT2D eigenvalue weighted by Gasteiger charge is 2.17. The third-order valence-corrected chi connectivity index (χ3v) is 4.29. The Morgan fingerprint density at radius 1 is 1.61 bits per heavy atom. The Kier molecular flexibility index (Phi) is 4.40. The normalized spacial score (nSPS) is 19.2. The SMILES string of the molecule is Cc1nn(CC(=O)NCC2CCCO2)c(C)c1Br. The van der Waals surface area contributed by atoms with Crippen molar-refractivity contribution in [1.29, 1.82) is 0 Å². The van der Waals surface area contributed by atoms with Crippen molar-refractivity contribution in [2.24, 2.45) is 0 Å². The Morgan fingerprint density at radius 2 is 2.39 bits per heavy atom. The average molecular weight is 316 g/mol. The van der Waals surface area contributed by atoms with Gasteiger partial charge in [0, 0.05) is 13.2 Å². The third-order valence-electron chi connectivity index (χ3n) is 3.14. The number of hydrogen-bond acceptors (Lipinski definition) is 3. The van der Waals surface area contributed by atoms with Crippen LogP contribution >= 0.6 is 15.9 Å². The standard InChI is InChI=1S/C12H18BrN3O2/c1-8-12(13)9(2)16(15-8)7-11(17)14-6-10-4-3-5-18-10/h10H,3-7H2,1-2H3,(H,14,17). The molecular weight excluding hydrogens is 298 g/mol. The number of carbonyl (C=O) groups is 1. The first-order chi connectivity index (χ1) is 8.58. The van der Waals surface area contributed by atoms with E-state index in [9.17, 15) is 4.79 Å². The molecule has 1 unspecified atom stereocenters. The van der Waals surface area contributed by atoms with Gasteiger partial charge in [0.05, 0.1) is 22.0 Å². The first kappa shape index (κ1) is 13.5. The van der Waals surface area contributed by atoms with E-state index >= 15 is 0 Å². The molecule has 5 nitrogen and oxygen atoms in total. The number of ether oxygens (including phenoxy) is 1. The van der Waals surface area contributed by atoms with E-state index in [2.05, 4.69) is 26.3 Å². The Hall–Kier alpha value is -0.880. The zero-order chi connectivity index (χ0) is 13.1. The number of aryl methyl sites for hydroxylation is 1. The molecule has 0 radical (unpaired) electrons. The second kappa shape index (κ2) is 5.84. The van der Waals surface area contributed by atoms with Gasteiger partial charge in [-0.15, -0.1) is 0 Å². The number of rotatable bonds is 4. The largest absolute Gasteiger partial charge is 0.376 e. The molecule has 0 aromatic carbocycles. The molecule has 1 amide bonds. The van der Waals surface area contributed by atoms with Gasteiger partial charge < -0.3 is 10.1 Å². The molecule has 1 aliphatic heterocycles. The molecule has 1 N–H and O–H groups in total. The van der Waals surface area contributed by atoms with Crippen LogP contribution in [0.1, 0.15) is 24.2 Å². The maximum absolute atomic E-state index is 11.8. The fraction of sp³-hybridized carbons (Fsp3) is 0.667. The lowest BCUT2D eigenvalue weighted by Gasteiger charge is -2.11. The van der Waals surface area contributed by atoms with Gasteiger partial charge >= 0.3 is 0 Å². The molecular formula is C12H18BrN3O2. The molecule has 1 fully saturated rings. The zero-order valence-corrected chi connectivity index (χ0v) is 12.3. The average Bonchev–Trinajstić information content (AvgIpc) is 2.93. The summed E-state index contributed by atoms with van der Waals surface area (Å²) in [5.41, 5.74) is 1.87. The second-order valence-corrected chi connectivity index (χ2v) is 5.37. The van der Waals surface area contributed by atoms with Gasteiger partial charge in [-0.2, -0.15) is 5.10 Å². The quantitative estimate of drug-likeness (QED) is 0.917. The molecule has 0 saturated carbocycles. The van der Waals surface area contributed by atoms with Crippen LogP contribution in [-0.2, 0) is 16.1 Å². The maximum atomic E-state index is 11.8. The summed E-state index contributed by atoms with van der Waals surface area (Å²) in [6.07, 6.45) is 2.30. The molecule has 1 saturated heterocycles. The first-order valence-corrected chi connectivity index (χ1v) is 6.95. The van der Waals surface area contributed by atoms with Crippen molar-refractivity contribution in [3.8, 4) is 0 Å². The number of nitrogens with zero attached hydrogens (tertiary/aromatic N) is 2. The highest BCUT2D eigenvalue weighted by Crippen LogP contribution is 2.19. The van der Waals surface area contributed by atoms with Crippen molar-refractivity contribution in [3.63, 3.8) is 0 Å². The van der Waals surface area contributed by atoms with Gasteiger partial charge in [-0.3, -0.25) is 9.48 Å². The molecule has 0 aliphatic carbocycles. The Labute approximate surface area is 115 Å². The summed E-state index contributed by atoms with van der Waals surface area (Å²) in [7, 11) is 0. The first-order valence-electron chi connectivity index (χ1n) is 6.15. The lowest BCUT2D eigenvalue weighted by atomic mass is 10.2. The summed E-state index contributed by atoms with van der Waals surface area (Å²) in [6, 6.07) is 0. The predicted octanol–water partition coefficient (Wildman–Crippen LogP) is 1.56. The topological polar surface area (TPSA) is 56.2 Å². The number of nitrogens with one attached hydrogen (secondary N) is 1. The minimum atomic E-state index is -0.0244. The van der Waals surface area contributed by atoms with E-state index in [0.29, 0.717) is 6.54 Å². The van der Waals surface area contributed by atoms with Crippen molar-refractivity contribution in [2.45, 2.75) is 39.3 Å². The molecule has 100 valence electrons. The van der Waals surface area contributed by atoms with Crippen LogP contribution < -0.4 is 5.32 Å². The number of hydrogen-bond donors (Lipinski definition) is 1. The summed E-state index contributed by atoms with van der Waals surface area (Å²) in [4.78, 5) is 11.8. The minimum absolute atomic E-state index is 0.0244. The zero-order valence-electron chi connectivity index (χ0n) is 10.7. The van der Waals surface area contributed by atoms with Gasteiger partial charge in [-0.1, -0.05) is 0 Å². The minimum Gasteiger partial charge on any atom is -0.376 e. The van der Waals surface area contributed by atoms with Crippen LogP contribution in [0.2, 0.25) is 0 Å². The fourth-order valence-electron chi connectivity index (χ4n) is 2.05. The van der Waals surface area contributed by atoms with E-state index in [1.807, 2.05) is 13.8 Å². The number of carbonyl (C=O) groups excluding carboxylic acids is 1. The summed E-state index contributed by atoms with van der Waals surface area (Å²) in [5, 5.41) is 7.20. The summed E-state index contributed by atoms with van der Waals surface area (Å²) < 4.78 is 8.14. The molecule has 6 heteroatoms. The van der Waals surface area contributed by atoms with Gasteiger partial charge in [0.15, 0.2) is 0 Å². The lowest BCUT2D eigenvalue weighted by Crippen LogP contribution is -2.34. The van der Waals surface area contributed by atoms with Crippen LogP contribution in [0.5, 0.6) is 0 Å². The van der Waals surface area contributed by atoms with Crippen molar-refractivity contribution in [2.75, 3.05) is 13.2 Å². The molecule has 1 aromatic heterocycles.